The Kier molecular flexibility index (Phi) is 7.73. The number of amides is 1. The van der Waals surface area contributed by atoms with Crippen molar-refractivity contribution in [3.8, 4) is 11.6 Å². The van der Waals surface area contributed by atoms with Gasteiger partial charge in [0.2, 0.25) is 11.8 Å². The summed E-state index contributed by atoms with van der Waals surface area (Å²) < 4.78 is 15.8. The van der Waals surface area contributed by atoms with Gasteiger partial charge < -0.3 is 19.5 Å². The third-order valence-electron chi connectivity index (χ3n) is 3.11. The molecule has 2 rings (SSSR count). The average Bonchev–Trinajstić information content (AvgIpc) is 2.59. The Morgan fingerprint density at radius 2 is 1.96 bits per heavy atom. The highest BCUT2D eigenvalue weighted by atomic mass is 16.5. The molecule has 128 valence electrons. The maximum absolute atomic E-state index is 11.9. The SMILES string of the molecule is COCCOCCCC(=O)Nc1ccnc(Oc2ccccc2)c1. The number of benzene rings is 1. The Morgan fingerprint density at radius 1 is 1.12 bits per heavy atom. The van der Waals surface area contributed by atoms with E-state index in [9.17, 15) is 4.79 Å². The van der Waals surface area contributed by atoms with Crippen molar-refractivity contribution in [1.29, 1.82) is 0 Å². The fourth-order valence-electron chi connectivity index (χ4n) is 1.95. The Balaban J connectivity index is 1.76. The van der Waals surface area contributed by atoms with Gasteiger partial charge in [0.05, 0.1) is 13.2 Å². The number of carbonyl (C=O) groups excluding carboxylic acids is 1. The Labute approximate surface area is 141 Å². The van der Waals surface area contributed by atoms with E-state index in [1.54, 1.807) is 25.4 Å². The Morgan fingerprint density at radius 3 is 2.75 bits per heavy atom. The molecule has 0 fully saturated rings. The largest absolute Gasteiger partial charge is 0.439 e. The molecule has 2 aromatic rings. The zero-order valence-corrected chi connectivity index (χ0v) is 13.7. The Hall–Kier alpha value is -2.44. The lowest BCUT2D eigenvalue weighted by Crippen LogP contribution is -2.13. The van der Waals surface area contributed by atoms with Gasteiger partial charge in [-0.3, -0.25) is 4.79 Å². The fourth-order valence-corrected chi connectivity index (χ4v) is 1.95. The van der Waals surface area contributed by atoms with Crippen LogP contribution in [0.1, 0.15) is 12.8 Å². The van der Waals surface area contributed by atoms with E-state index in [0.29, 0.717) is 50.0 Å². The first-order chi connectivity index (χ1) is 11.8. The molecule has 0 saturated heterocycles. The van der Waals surface area contributed by atoms with Crippen molar-refractivity contribution in [2.75, 3.05) is 32.2 Å². The minimum Gasteiger partial charge on any atom is -0.439 e. The highest BCUT2D eigenvalue weighted by molar-refractivity contribution is 5.90. The zero-order chi connectivity index (χ0) is 17.0. The predicted octanol–water partition coefficient (Wildman–Crippen LogP) is 3.26. The lowest BCUT2D eigenvalue weighted by atomic mass is 10.3. The van der Waals surface area contributed by atoms with Crippen molar-refractivity contribution in [3.63, 3.8) is 0 Å². The van der Waals surface area contributed by atoms with E-state index in [1.807, 2.05) is 30.3 Å². The van der Waals surface area contributed by atoms with Crippen LogP contribution in [0.5, 0.6) is 11.6 Å². The molecule has 0 spiro atoms. The fraction of sp³-hybridized carbons (Fsp3) is 0.333. The first-order valence-corrected chi connectivity index (χ1v) is 7.83. The van der Waals surface area contributed by atoms with Crippen LogP contribution in [-0.2, 0) is 14.3 Å². The number of nitrogens with one attached hydrogen (secondary N) is 1. The van der Waals surface area contributed by atoms with E-state index in [-0.39, 0.29) is 5.91 Å². The molecule has 6 heteroatoms. The molecule has 1 N–H and O–H groups in total. The monoisotopic (exact) mass is 330 g/mol. The van der Waals surface area contributed by atoms with Crippen LogP contribution < -0.4 is 10.1 Å². The number of anilines is 1. The van der Waals surface area contributed by atoms with Crippen LogP contribution in [0.25, 0.3) is 0 Å². The van der Waals surface area contributed by atoms with Crippen LogP contribution in [0, 0.1) is 0 Å². The minimum atomic E-state index is -0.0674. The molecule has 1 aromatic carbocycles. The van der Waals surface area contributed by atoms with Crippen LogP contribution in [0.15, 0.2) is 48.7 Å². The first-order valence-electron chi connectivity index (χ1n) is 7.83. The Bertz CT molecular complexity index is 619. The summed E-state index contributed by atoms with van der Waals surface area (Å²) in [6.45, 7) is 1.64. The van der Waals surface area contributed by atoms with Crippen molar-refractivity contribution >= 4 is 11.6 Å². The standard InChI is InChI=1S/C18H22N2O4/c1-22-12-13-23-11-5-8-17(21)20-15-9-10-19-18(14-15)24-16-6-3-2-4-7-16/h2-4,6-7,9-10,14H,5,8,11-13H2,1H3,(H,19,20,21). The lowest BCUT2D eigenvalue weighted by Gasteiger charge is -2.08. The van der Waals surface area contributed by atoms with E-state index in [4.69, 9.17) is 14.2 Å². The van der Waals surface area contributed by atoms with Gasteiger partial charge in [0.25, 0.3) is 0 Å². The molecule has 0 bridgehead atoms. The van der Waals surface area contributed by atoms with Gasteiger partial charge in [-0.2, -0.15) is 0 Å². The van der Waals surface area contributed by atoms with Crippen LogP contribution in [0.4, 0.5) is 5.69 Å². The van der Waals surface area contributed by atoms with Crippen molar-refractivity contribution in [2.24, 2.45) is 0 Å². The summed E-state index contributed by atoms with van der Waals surface area (Å²) in [5.74, 6) is 1.06. The van der Waals surface area contributed by atoms with Gasteiger partial charge in [-0.1, -0.05) is 18.2 Å². The number of nitrogens with zero attached hydrogens (tertiary/aromatic N) is 1. The van der Waals surface area contributed by atoms with Gasteiger partial charge >= 0.3 is 0 Å². The topological polar surface area (TPSA) is 69.7 Å². The van der Waals surface area contributed by atoms with Crippen LogP contribution >= 0.6 is 0 Å². The second-order valence-electron chi connectivity index (χ2n) is 5.05. The van der Waals surface area contributed by atoms with Gasteiger partial charge in [-0.05, 0) is 24.6 Å². The van der Waals surface area contributed by atoms with Gasteiger partial charge in [0.15, 0.2) is 0 Å². The van der Waals surface area contributed by atoms with Crippen LogP contribution in [-0.4, -0.2) is 37.8 Å². The molecule has 24 heavy (non-hydrogen) atoms. The maximum atomic E-state index is 11.9. The molecule has 0 unspecified atom stereocenters. The molecule has 1 heterocycles. The van der Waals surface area contributed by atoms with E-state index >= 15 is 0 Å². The van der Waals surface area contributed by atoms with E-state index in [0.717, 1.165) is 0 Å². The smallest absolute Gasteiger partial charge is 0.224 e. The van der Waals surface area contributed by atoms with Crippen molar-refractivity contribution < 1.29 is 19.0 Å². The molecule has 0 saturated carbocycles. The number of aromatic nitrogens is 1. The molecular formula is C18H22N2O4. The molecule has 0 atom stereocenters. The maximum Gasteiger partial charge on any atom is 0.224 e. The number of rotatable bonds is 10. The second kappa shape index (κ2) is 10.4. The molecule has 0 aliphatic rings. The number of hydrogen-bond donors (Lipinski definition) is 1. The number of hydrogen-bond acceptors (Lipinski definition) is 5. The van der Waals surface area contributed by atoms with Crippen molar-refractivity contribution in [1.82, 2.24) is 4.98 Å². The molecule has 6 nitrogen and oxygen atoms in total. The molecular weight excluding hydrogens is 308 g/mol. The number of carbonyl (C=O) groups is 1. The van der Waals surface area contributed by atoms with Gasteiger partial charge in [0, 0.05) is 38.1 Å². The third-order valence-corrected chi connectivity index (χ3v) is 3.11. The summed E-state index contributed by atoms with van der Waals surface area (Å²) in [6, 6.07) is 12.8. The van der Waals surface area contributed by atoms with Gasteiger partial charge in [-0.15, -0.1) is 0 Å². The summed E-state index contributed by atoms with van der Waals surface area (Å²) in [7, 11) is 1.63. The summed E-state index contributed by atoms with van der Waals surface area (Å²) in [5, 5.41) is 2.83. The zero-order valence-electron chi connectivity index (χ0n) is 13.7. The normalized spacial score (nSPS) is 10.4. The summed E-state index contributed by atoms with van der Waals surface area (Å²) in [6.07, 6.45) is 2.65. The second-order valence-corrected chi connectivity index (χ2v) is 5.05. The number of methoxy groups -OCH3 is 1. The van der Waals surface area contributed by atoms with E-state index in [1.165, 1.54) is 0 Å². The number of ether oxygens (including phenoxy) is 3. The average molecular weight is 330 g/mol. The highest BCUT2D eigenvalue weighted by Crippen LogP contribution is 2.21. The first kappa shape index (κ1) is 17.9. The summed E-state index contributed by atoms with van der Waals surface area (Å²) in [5.41, 5.74) is 0.654. The predicted molar refractivity (Wildman–Crippen MR) is 91.3 cm³/mol. The van der Waals surface area contributed by atoms with Crippen molar-refractivity contribution in [3.05, 3.63) is 48.7 Å². The molecule has 1 aromatic heterocycles. The van der Waals surface area contributed by atoms with Crippen LogP contribution in [0.3, 0.4) is 0 Å². The van der Waals surface area contributed by atoms with Gasteiger partial charge in [-0.25, -0.2) is 4.98 Å². The van der Waals surface area contributed by atoms with Gasteiger partial charge in [0.1, 0.15) is 5.75 Å². The molecule has 0 aliphatic carbocycles. The van der Waals surface area contributed by atoms with Crippen molar-refractivity contribution in [2.45, 2.75) is 12.8 Å². The highest BCUT2D eigenvalue weighted by Gasteiger charge is 2.05. The number of para-hydroxylation sites is 1. The summed E-state index contributed by atoms with van der Waals surface area (Å²) >= 11 is 0. The van der Waals surface area contributed by atoms with E-state index < -0.39 is 0 Å². The third kappa shape index (κ3) is 6.76. The molecule has 0 aliphatic heterocycles. The minimum absolute atomic E-state index is 0.0674. The lowest BCUT2D eigenvalue weighted by molar-refractivity contribution is -0.116. The summed E-state index contributed by atoms with van der Waals surface area (Å²) in [4.78, 5) is 16.1. The number of pyridine rings is 1. The van der Waals surface area contributed by atoms with Crippen LogP contribution in [0.2, 0.25) is 0 Å². The quantitative estimate of drug-likeness (QED) is 0.677. The molecule has 1 amide bonds. The van der Waals surface area contributed by atoms with E-state index in [2.05, 4.69) is 10.3 Å². The molecule has 0 radical (unpaired) electrons.